The van der Waals surface area contributed by atoms with Crippen LogP contribution in [0, 0.1) is 0 Å². The number of ether oxygens (including phenoxy) is 1. The topological polar surface area (TPSA) is 51.1 Å². The summed E-state index contributed by atoms with van der Waals surface area (Å²) in [6, 6.07) is 8.63. The first kappa shape index (κ1) is 23.6. The number of anilines is 1. The van der Waals surface area contributed by atoms with Crippen LogP contribution in [0.4, 0.5) is 32.2 Å². The van der Waals surface area contributed by atoms with E-state index in [1.165, 1.54) is 4.90 Å². The van der Waals surface area contributed by atoms with Gasteiger partial charge in [-0.3, -0.25) is 0 Å². The molecule has 5 nitrogen and oxygen atoms in total. The first-order valence-corrected chi connectivity index (χ1v) is 9.42. The molecule has 0 radical (unpaired) electrons. The third-order valence-electron chi connectivity index (χ3n) is 4.35. The molecule has 0 aliphatic carbocycles. The monoisotopic (exact) mass is 476 g/mol. The molecule has 170 valence electrons. The summed E-state index contributed by atoms with van der Waals surface area (Å²) < 4.78 is 82.0. The van der Waals surface area contributed by atoms with Crippen molar-refractivity contribution in [3.8, 4) is 11.6 Å². The minimum absolute atomic E-state index is 0.00403. The van der Waals surface area contributed by atoms with Crippen molar-refractivity contribution >= 4 is 17.4 Å². The third-order valence-corrected chi connectivity index (χ3v) is 4.69. The summed E-state index contributed by atoms with van der Waals surface area (Å²) in [5.41, 5.74) is -1.24. The maximum Gasteiger partial charge on any atom is 0.435 e. The van der Waals surface area contributed by atoms with E-state index in [1.54, 1.807) is 31.3 Å². The summed E-state index contributed by atoms with van der Waals surface area (Å²) in [5.74, 6) is 0.328. The summed E-state index contributed by atoms with van der Waals surface area (Å²) in [4.78, 5) is 12.2. The quantitative estimate of drug-likeness (QED) is 0.406. The van der Waals surface area contributed by atoms with E-state index in [-0.39, 0.29) is 11.7 Å². The van der Waals surface area contributed by atoms with E-state index in [2.05, 4.69) is 15.0 Å². The van der Waals surface area contributed by atoms with Crippen LogP contribution in [0.2, 0.25) is 5.02 Å². The number of hydrogen-bond acceptors (Lipinski definition) is 5. The molecule has 0 unspecified atom stereocenters. The van der Waals surface area contributed by atoms with E-state index in [0.29, 0.717) is 24.9 Å². The Morgan fingerprint density at radius 3 is 2.16 bits per heavy atom. The Balaban J connectivity index is 1.61. The third kappa shape index (κ3) is 5.78. The maximum atomic E-state index is 12.9. The molecule has 2 heterocycles. The highest BCUT2D eigenvalue weighted by Crippen LogP contribution is 2.36. The van der Waals surface area contributed by atoms with Crippen LogP contribution in [-0.2, 0) is 18.8 Å². The van der Waals surface area contributed by atoms with Gasteiger partial charge in [-0.05, 0) is 30.2 Å². The molecule has 0 bridgehead atoms. The van der Waals surface area contributed by atoms with Crippen LogP contribution in [0.25, 0.3) is 0 Å². The fourth-order valence-corrected chi connectivity index (χ4v) is 3.03. The van der Waals surface area contributed by atoms with Gasteiger partial charge in [-0.2, -0.15) is 26.3 Å². The zero-order valence-corrected chi connectivity index (χ0v) is 17.1. The predicted molar refractivity (Wildman–Crippen MR) is 105 cm³/mol. The number of halogens is 7. The number of aromatic nitrogens is 3. The zero-order valence-electron chi connectivity index (χ0n) is 16.4. The molecule has 0 aliphatic heterocycles. The molecule has 0 saturated heterocycles. The average molecular weight is 477 g/mol. The van der Waals surface area contributed by atoms with Gasteiger partial charge in [0.05, 0.1) is 5.56 Å². The Morgan fingerprint density at radius 2 is 1.59 bits per heavy atom. The molecule has 0 aliphatic rings. The number of pyridine rings is 1. The predicted octanol–water partition coefficient (Wildman–Crippen LogP) is 6.03. The first-order valence-electron chi connectivity index (χ1n) is 9.04. The molecule has 0 fully saturated rings. The van der Waals surface area contributed by atoms with Gasteiger partial charge in [-0.15, -0.1) is 0 Å². The number of rotatable bonds is 6. The molecule has 2 aromatic heterocycles. The number of alkyl halides is 6. The number of hydrogen-bond donors (Lipinski definition) is 0. The fourth-order valence-electron chi connectivity index (χ4n) is 2.68. The van der Waals surface area contributed by atoms with Crippen LogP contribution in [0.15, 0.2) is 48.9 Å². The second-order valence-corrected chi connectivity index (χ2v) is 7.04. The molecule has 3 rings (SSSR count). The Bertz CT molecular complexity index is 1060. The standard InChI is InChI=1S/C20H15ClF6N4O/c1-31(18-16(21)17(20(25,26)27)29-11-30-18)9-8-12-2-5-14(6-3-12)32-15-7-4-13(10-28-15)19(22,23)24/h2-7,10-11H,8-9H2,1H3. The molecule has 3 aromatic rings. The van der Waals surface area contributed by atoms with Crippen LogP contribution in [0.1, 0.15) is 16.8 Å². The molecule has 0 spiro atoms. The van der Waals surface area contributed by atoms with Gasteiger partial charge in [0.25, 0.3) is 0 Å². The molecule has 0 atom stereocenters. The van der Waals surface area contributed by atoms with Gasteiger partial charge in [0.1, 0.15) is 17.1 Å². The lowest BCUT2D eigenvalue weighted by Crippen LogP contribution is -2.23. The van der Waals surface area contributed by atoms with Crippen LogP contribution in [0.5, 0.6) is 11.6 Å². The van der Waals surface area contributed by atoms with Crippen molar-refractivity contribution in [3.05, 3.63) is 70.8 Å². The highest BCUT2D eigenvalue weighted by molar-refractivity contribution is 6.33. The molecule has 1 aromatic carbocycles. The van der Waals surface area contributed by atoms with Crippen molar-refractivity contribution in [2.24, 2.45) is 0 Å². The van der Waals surface area contributed by atoms with Crippen LogP contribution in [0.3, 0.4) is 0 Å². The molecular formula is C20H15ClF6N4O. The van der Waals surface area contributed by atoms with Crippen molar-refractivity contribution in [2.75, 3.05) is 18.5 Å². The van der Waals surface area contributed by atoms with Crippen LogP contribution >= 0.6 is 11.6 Å². The highest BCUT2D eigenvalue weighted by atomic mass is 35.5. The minimum Gasteiger partial charge on any atom is -0.439 e. The Hall–Kier alpha value is -3.08. The molecule has 0 saturated carbocycles. The van der Waals surface area contributed by atoms with Crippen molar-refractivity contribution in [3.63, 3.8) is 0 Å². The Kier molecular flexibility index (Phi) is 6.77. The lowest BCUT2D eigenvalue weighted by molar-refractivity contribution is -0.141. The summed E-state index contributed by atoms with van der Waals surface area (Å²) >= 11 is 5.83. The van der Waals surface area contributed by atoms with E-state index in [0.717, 1.165) is 24.0 Å². The van der Waals surface area contributed by atoms with Crippen molar-refractivity contribution in [2.45, 2.75) is 18.8 Å². The lowest BCUT2D eigenvalue weighted by Gasteiger charge is -2.20. The second-order valence-electron chi connectivity index (χ2n) is 6.66. The largest absolute Gasteiger partial charge is 0.439 e. The van der Waals surface area contributed by atoms with Gasteiger partial charge in [0.15, 0.2) is 11.5 Å². The van der Waals surface area contributed by atoms with Gasteiger partial charge in [-0.25, -0.2) is 15.0 Å². The summed E-state index contributed by atoms with van der Waals surface area (Å²) in [6.07, 6.45) is -7.22. The smallest absolute Gasteiger partial charge is 0.435 e. The molecular weight excluding hydrogens is 462 g/mol. The van der Waals surface area contributed by atoms with Crippen molar-refractivity contribution in [1.82, 2.24) is 15.0 Å². The lowest BCUT2D eigenvalue weighted by atomic mass is 10.1. The normalized spacial score (nSPS) is 12.0. The number of benzene rings is 1. The SMILES string of the molecule is CN(CCc1ccc(Oc2ccc(C(F)(F)F)cn2)cc1)c1ncnc(C(F)(F)F)c1Cl. The van der Waals surface area contributed by atoms with E-state index < -0.39 is 28.6 Å². The van der Waals surface area contributed by atoms with Gasteiger partial charge in [-0.1, -0.05) is 23.7 Å². The highest BCUT2D eigenvalue weighted by Gasteiger charge is 2.37. The molecule has 32 heavy (non-hydrogen) atoms. The fraction of sp³-hybridized carbons (Fsp3) is 0.250. The van der Waals surface area contributed by atoms with Gasteiger partial charge < -0.3 is 9.64 Å². The van der Waals surface area contributed by atoms with E-state index in [4.69, 9.17) is 16.3 Å². The molecule has 12 heteroatoms. The minimum atomic E-state index is -4.69. The Morgan fingerprint density at radius 1 is 0.906 bits per heavy atom. The molecule has 0 N–H and O–H groups in total. The van der Waals surface area contributed by atoms with E-state index in [9.17, 15) is 26.3 Å². The second kappa shape index (κ2) is 9.19. The van der Waals surface area contributed by atoms with Gasteiger partial charge >= 0.3 is 12.4 Å². The zero-order chi connectivity index (χ0) is 23.5. The average Bonchev–Trinajstić information content (AvgIpc) is 2.72. The van der Waals surface area contributed by atoms with E-state index >= 15 is 0 Å². The summed E-state index contributed by atoms with van der Waals surface area (Å²) in [5, 5.41) is -0.574. The van der Waals surface area contributed by atoms with Crippen LogP contribution < -0.4 is 9.64 Å². The van der Waals surface area contributed by atoms with Crippen molar-refractivity contribution < 1.29 is 31.1 Å². The van der Waals surface area contributed by atoms with Gasteiger partial charge in [0, 0.05) is 25.9 Å². The summed E-state index contributed by atoms with van der Waals surface area (Å²) in [7, 11) is 1.56. The van der Waals surface area contributed by atoms with Gasteiger partial charge in [0.2, 0.25) is 5.88 Å². The van der Waals surface area contributed by atoms with E-state index in [1.807, 2.05) is 0 Å². The number of nitrogens with zero attached hydrogens (tertiary/aromatic N) is 4. The van der Waals surface area contributed by atoms with Crippen LogP contribution in [-0.4, -0.2) is 28.5 Å². The Labute approximate surface area is 183 Å². The maximum absolute atomic E-state index is 12.9. The first-order chi connectivity index (χ1) is 14.9. The number of likely N-dealkylation sites (N-methyl/N-ethyl adjacent to an activating group) is 1. The van der Waals surface area contributed by atoms with Crippen molar-refractivity contribution in [1.29, 1.82) is 0 Å². The summed E-state index contributed by atoms with van der Waals surface area (Å²) in [6.45, 7) is 0.314. The molecule has 0 amide bonds.